The highest BCUT2D eigenvalue weighted by Crippen LogP contribution is 2.42. The minimum atomic E-state index is -0.0474. The molecule has 0 bridgehead atoms. The van der Waals surface area contributed by atoms with Gasteiger partial charge in [0.2, 0.25) is 5.91 Å². The molecule has 3 aromatic carbocycles. The SMILES string of the molecule is Cc1c(-c2ncnc3[nH]c(-c4ccc(CN5CCNC(=O)C5)cc4)cc23)cccc1N1CCOc2cc(C3CC3)ccc2C1=O. The number of carbonyl (C=O) groups excluding carboxylic acids is 2. The minimum absolute atomic E-state index is 0.0474. The van der Waals surface area contributed by atoms with E-state index in [1.165, 1.54) is 18.4 Å². The average molecular weight is 599 g/mol. The van der Waals surface area contributed by atoms with Gasteiger partial charge in [-0.05, 0) is 72.2 Å². The molecular weight excluding hydrogens is 564 g/mol. The zero-order valence-electron chi connectivity index (χ0n) is 25.2. The van der Waals surface area contributed by atoms with Crippen LogP contribution in [0.25, 0.3) is 33.5 Å². The summed E-state index contributed by atoms with van der Waals surface area (Å²) in [5.74, 6) is 1.31. The van der Waals surface area contributed by atoms with E-state index in [0.717, 1.165) is 63.5 Å². The first-order chi connectivity index (χ1) is 22.0. The van der Waals surface area contributed by atoms with Crippen LogP contribution in [0.15, 0.2) is 73.1 Å². The number of H-pyrrole nitrogens is 1. The number of piperazine rings is 1. The third-order valence-corrected chi connectivity index (χ3v) is 9.17. The van der Waals surface area contributed by atoms with E-state index in [-0.39, 0.29) is 11.8 Å². The van der Waals surface area contributed by atoms with Gasteiger partial charge >= 0.3 is 0 Å². The van der Waals surface area contributed by atoms with Crippen molar-refractivity contribution in [3.63, 3.8) is 0 Å². The van der Waals surface area contributed by atoms with Crippen molar-refractivity contribution in [3.8, 4) is 28.3 Å². The molecule has 2 N–H and O–H groups in total. The molecule has 5 aromatic rings. The van der Waals surface area contributed by atoms with Gasteiger partial charge in [-0.15, -0.1) is 0 Å². The zero-order valence-corrected chi connectivity index (χ0v) is 25.2. The Labute approximate surface area is 261 Å². The normalized spacial score (nSPS) is 17.1. The summed E-state index contributed by atoms with van der Waals surface area (Å²) in [6.07, 6.45) is 4.00. The lowest BCUT2D eigenvalue weighted by molar-refractivity contribution is -0.124. The predicted molar refractivity (Wildman–Crippen MR) is 173 cm³/mol. The van der Waals surface area contributed by atoms with Crippen molar-refractivity contribution in [2.45, 2.75) is 32.2 Å². The van der Waals surface area contributed by atoms with Crippen LogP contribution in [-0.2, 0) is 11.3 Å². The summed E-state index contributed by atoms with van der Waals surface area (Å²) < 4.78 is 6.09. The van der Waals surface area contributed by atoms with Crippen LogP contribution in [0.1, 0.15) is 45.8 Å². The van der Waals surface area contributed by atoms with Crippen molar-refractivity contribution < 1.29 is 14.3 Å². The second kappa shape index (κ2) is 11.2. The van der Waals surface area contributed by atoms with Crippen molar-refractivity contribution in [2.24, 2.45) is 0 Å². The number of aromatic amines is 1. The Morgan fingerprint density at radius 2 is 1.82 bits per heavy atom. The fourth-order valence-electron chi connectivity index (χ4n) is 6.59. The molecule has 8 rings (SSSR count). The summed E-state index contributed by atoms with van der Waals surface area (Å²) in [5, 5.41) is 3.79. The summed E-state index contributed by atoms with van der Waals surface area (Å²) in [6, 6.07) is 22.6. The molecule has 1 saturated heterocycles. The molecule has 1 aliphatic carbocycles. The van der Waals surface area contributed by atoms with Crippen molar-refractivity contribution in [2.75, 3.05) is 37.7 Å². The lowest BCUT2D eigenvalue weighted by Gasteiger charge is -2.26. The number of ether oxygens (including phenoxy) is 1. The van der Waals surface area contributed by atoms with Gasteiger partial charge < -0.3 is 19.9 Å². The number of hydrogen-bond acceptors (Lipinski definition) is 6. The molecule has 0 atom stereocenters. The Morgan fingerprint density at radius 1 is 0.956 bits per heavy atom. The Hall–Kier alpha value is -5.02. The number of amides is 2. The van der Waals surface area contributed by atoms with Crippen LogP contribution in [0.3, 0.4) is 0 Å². The number of anilines is 1. The fourth-order valence-corrected chi connectivity index (χ4v) is 6.59. The quantitative estimate of drug-likeness (QED) is 0.270. The Bertz CT molecular complexity index is 1940. The summed E-state index contributed by atoms with van der Waals surface area (Å²) in [6.45, 7) is 5.66. The van der Waals surface area contributed by atoms with E-state index >= 15 is 0 Å². The number of aromatic nitrogens is 3. The van der Waals surface area contributed by atoms with E-state index in [4.69, 9.17) is 9.72 Å². The molecular formula is C36H34N6O3. The molecule has 45 heavy (non-hydrogen) atoms. The van der Waals surface area contributed by atoms with Crippen molar-refractivity contribution >= 4 is 28.5 Å². The molecule has 1 saturated carbocycles. The Kier molecular flexibility index (Phi) is 6.83. The average Bonchev–Trinajstić information content (AvgIpc) is 3.83. The van der Waals surface area contributed by atoms with Gasteiger partial charge in [-0.2, -0.15) is 0 Å². The first-order valence-electron chi connectivity index (χ1n) is 15.6. The van der Waals surface area contributed by atoms with Gasteiger partial charge in [0.05, 0.1) is 24.3 Å². The van der Waals surface area contributed by atoms with Crippen molar-refractivity contribution in [1.82, 2.24) is 25.2 Å². The molecule has 2 aromatic heterocycles. The smallest absolute Gasteiger partial charge is 0.262 e. The number of nitrogens with zero attached hydrogens (tertiary/aromatic N) is 4. The molecule has 2 aliphatic heterocycles. The van der Waals surface area contributed by atoms with Gasteiger partial charge in [0.25, 0.3) is 5.91 Å². The van der Waals surface area contributed by atoms with Crippen molar-refractivity contribution in [1.29, 1.82) is 0 Å². The molecule has 2 fully saturated rings. The number of hydrogen-bond donors (Lipinski definition) is 2. The monoisotopic (exact) mass is 598 g/mol. The van der Waals surface area contributed by atoms with Gasteiger partial charge in [0.15, 0.2) is 0 Å². The lowest BCUT2D eigenvalue weighted by atomic mass is 10.00. The number of fused-ring (bicyclic) bond motifs is 2. The van der Waals surface area contributed by atoms with Gasteiger partial charge in [-0.1, -0.05) is 42.5 Å². The lowest BCUT2D eigenvalue weighted by Crippen LogP contribution is -2.47. The number of benzene rings is 3. The summed E-state index contributed by atoms with van der Waals surface area (Å²) >= 11 is 0. The van der Waals surface area contributed by atoms with E-state index in [9.17, 15) is 9.59 Å². The van der Waals surface area contributed by atoms with Crippen LogP contribution in [0.5, 0.6) is 5.75 Å². The van der Waals surface area contributed by atoms with Crippen LogP contribution in [-0.4, -0.2) is 64.5 Å². The Balaban J connectivity index is 1.09. The van der Waals surface area contributed by atoms with Gasteiger partial charge in [0, 0.05) is 42.0 Å². The highest BCUT2D eigenvalue weighted by Gasteiger charge is 2.30. The topological polar surface area (TPSA) is 103 Å². The maximum Gasteiger partial charge on any atom is 0.262 e. The largest absolute Gasteiger partial charge is 0.491 e. The van der Waals surface area contributed by atoms with Crippen LogP contribution in [0.4, 0.5) is 5.69 Å². The standard InChI is InChI=1S/C36H34N6O3/c1-22-27(3-2-4-31(22)42-15-16-45-32-17-26(24-9-10-24)11-12-28(32)36(42)44)34-29-18-30(40-35(29)39-21-38-34)25-7-5-23(6-8-25)19-41-14-13-37-33(43)20-41/h2-8,11-12,17-18,21,24H,9-10,13-16,19-20H2,1H3,(H,37,43)(H,38,39,40). The van der Waals surface area contributed by atoms with E-state index in [0.29, 0.717) is 43.5 Å². The number of carbonyl (C=O) groups is 2. The van der Waals surface area contributed by atoms with Crippen LogP contribution >= 0.6 is 0 Å². The fraction of sp³-hybridized carbons (Fsp3) is 0.278. The first kappa shape index (κ1) is 27.5. The maximum atomic E-state index is 13.9. The van der Waals surface area contributed by atoms with E-state index in [1.54, 1.807) is 6.33 Å². The highest BCUT2D eigenvalue weighted by atomic mass is 16.5. The third kappa shape index (κ3) is 5.23. The maximum absolute atomic E-state index is 13.9. The highest BCUT2D eigenvalue weighted by molar-refractivity contribution is 6.09. The van der Waals surface area contributed by atoms with E-state index in [1.807, 2.05) is 30.0 Å². The third-order valence-electron chi connectivity index (χ3n) is 9.17. The Morgan fingerprint density at radius 3 is 2.64 bits per heavy atom. The molecule has 9 heteroatoms. The second-order valence-electron chi connectivity index (χ2n) is 12.2. The number of rotatable bonds is 6. The second-order valence-corrected chi connectivity index (χ2v) is 12.2. The van der Waals surface area contributed by atoms with Gasteiger partial charge in [-0.25, -0.2) is 9.97 Å². The van der Waals surface area contributed by atoms with Crippen LogP contribution in [0.2, 0.25) is 0 Å². The molecule has 0 radical (unpaired) electrons. The van der Waals surface area contributed by atoms with E-state index < -0.39 is 0 Å². The molecule has 2 amide bonds. The molecule has 0 spiro atoms. The molecule has 3 aliphatic rings. The zero-order chi connectivity index (χ0) is 30.5. The predicted octanol–water partition coefficient (Wildman–Crippen LogP) is 5.45. The van der Waals surface area contributed by atoms with E-state index in [2.05, 4.69) is 68.7 Å². The van der Waals surface area contributed by atoms with Crippen molar-refractivity contribution in [3.05, 3.63) is 95.3 Å². The van der Waals surface area contributed by atoms with Gasteiger partial charge in [-0.3, -0.25) is 14.5 Å². The first-order valence-corrected chi connectivity index (χ1v) is 15.6. The molecule has 9 nitrogen and oxygen atoms in total. The molecule has 4 heterocycles. The summed E-state index contributed by atoms with van der Waals surface area (Å²) in [4.78, 5) is 42.3. The summed E-state index contributed by atoms with van der Waals surface area (Å²) in [7, 11) is 0. The van der Waals surface area contributed by atoms with Crippen LogP contribution < -0.4 is 15.0 Å². The minimum Gasteiger partial charge on any atom is -0.491 e. The molecule has 0 unspecified atom stereocenters. The summed E-state index contributed by atoms with van der Waals surface area (Å²) in [5.41, 5.74) is 9.37. The van der Waals surface area contributed by atoms with Gasteiger partial charge in [0.1, 0.15) is 24.3 Å². The molecule has 226 valence electrons. The number of nitrogens with one attached hydrogen (secondary N) is 2. The van der Waals surface area contributed by atoms with Crippen LogP contribution in [0, 0.1) is 6.92 Å².